The first-order valence-corrected chi connectivity index (χ1v) is 2.03. The third kappa shape index (κ3) is 2.14. The monoisotopic (exact) mass is 105 g/mol. The summed E-state index contributed by atoms with van der Waals surface area (Å²) in [6, 6.07) is 0. The van der Waals surface area contributed by atoms with Crippen LogP contribution in [0.5, 0.6) is 0 Å². The van der Waals surface area contributed by atoms with Gasteiger partial charge in [-0.05, 0) is 0 Å². The molecular formula is C4H8FNO. The first-order valence-electron chi connectivity index (χ1n) is 2.03. The Bertz CT molecular complexity index is 74.1. The van der Waals surface area contributed by atoms with E-state index in [0.29, 0.717) is 0 Å². The van der Waals surface area contributed by atoms with E-state index in [-0.39, 0.29) is 0 Å². The summed E-state index contributed by atoms with van der Waals surface area (Å²) in [5, 5.41) is 0. The summed E-state index contributed by atoms with van der Waals surface area (Å²) in [5.41, 5.74) is 4.67. The quantitative estimate of drug-likeness (QED) is 0.530. The topological polar surface area (TPSA) is 43.1 Å². The summed E-state index contributed by atoms with van der Waals surface area (Å²) in [4.78, 5) is 9.91. The van der Waals surface area contributed by atoms with Gasteiger partial charge in [0.05, 0.1) is 5.92 Å². The zero-order valence-corrected chi connectivity index (χ0v) is 4.15. The fourth-order valence-corrected chi connectivity index (χ4v) is 0.0760. The van der Waals surface area contributed by atoms with Crippen LogP contribution in [0.1, 0.15) is 6.92 Å². The van der Waals surface area contributed by atoms with Crippen LogP contribution >= 0.6 is 0 Å². The molecule has 0 aromatic carbocycles. The minimum atomic E-state index is -0.657. The van der Waals surface area contributed by atoms with Crippen LogP contribution in [-0.2, 0) is 4.79 Å². The van der Waals surface area contributed by atoms with E-state index < -0.39 is 18.5 Å². The van der Waals surface area contributed by atoms with Gasteiger partial charge in [-0.25, -0.2) is 0 Å². The minimum absolute atomic E-state index is 0.581. The number of carbonyl (C=O) groups excluding carboxylic acids is 1. The minimum Gasteiger partial charge on any atom is -0.369 e. The Morgan fingerprint density at radius 3 is 2.43 bits per heavy atom. The standard InChI is InChI=1S/C4H8FNO/c1-3(2-5)4(6)7/h3H,2H2,1H3,(H2,6,7)/t3-/m1/s1. The van der Waals surface area contributed by atoms with Crippen molar-refractivity contribution in [2.45, 2.75) is 6.92 Å². The van der Waals surface area contributed by atoms with Gasteiger partial charge in [-0.2, -0.15) is 0 Å². The van der Waals surface area contributed by atoms with Gasteiger partial charge in [0.1, 0.15) is 6.67 Å². The largest absolute Gasteiger partial charge is 0.369 e. The van der Waals surface area contributed by atoms with Gasteiger partial charge in [0.2, 0.25) is 5.91 Å². The molecule has 0 saturated carbocycles. The van der Waals surface area contributed by atoms with Crippen LogP contribution in [0, 0.1) is 5.92 Å². The normalized spacial score (nSPS) is 13.4. The lowest BCUT2D eigenvalue weighted by atomic mass is 10.2. The molecule has 0 spiro atoms. The Morgan fingerprint density at radius 1 is 2.00 bits per heavy atom. The van der Waals surface area contributed by atoms with Gasteiger partial charge in [-0.3, -0.25) is 9.18 Å². The van der Waals surface area contributed by atoms with Crippen molar-refractivity contribution in [3.05, 3.63) is 0 Å². The number of nitrogens with two attached hydrogens (primary N) is 1. The summed E-state index contributed by atoms with van der Waals surface area (Å²) in [7, 11) is 0. The Labute approximate surface area is 41.5 Å². The van der Waals surface area contributed by atoms with Crippen molar-refractivity contribution >= 4 is 5.91 Å². The summed E-state index contributed by atoms with van der Waals surface area (Å²) >= 11 is 0. The number of halogens is 1. The molecule has 0 saturated heterocycles. The van der Waals surface area contributed by atoms with Gasteiger partial charge < -0.3 is 5.73 Å². The third-order valence-corrected chi connectivity index (χ3v) is 0.717. The summed E-state index contributed by atoms with van der Waals surface area (Å²) in [6.45, 7) is 0.789. The predicted molar refractivity (Wildman–Crippen MR) is 24.3 cm³/mol. The first kappa shape index (κ1) is 6.40. The Balaban J connectivity index is 3.34. The van der Waals surface area contributed by atoms with E-state index in [2.05, 4.69) is 5.73 Å². The Kier molecular flexibility index (Phi) is 2.33. The molecule has 0 aliphatic heterocycles. The molecule has 2 nitrogen and oxygen atoms in total. The van der Waals surface area contributed by atoms with E-state index in [1.54, 1.807) is 0 Å². The number of hydrogen-bond acceptors (Lipinski definition) is 1. The molecule has 42 valence electrons. The summed E-state index contributed by atoms with van der Waals surface area (Å²) < 4.78 is 11.3. The molecule has 0 fully saturated rings. The van der Waals surface area contributed by atoms with Crippen LogP contribution in [-0.4, -0.2) is 12.6 Å². The molecule has 0 aliphatic rings. The molecule has 0 bridgehead atoms. The zero-order valence-electron chi connectivity index (χ0n) is 4.15. The van der Waals surface area contributed by atoms with Crippen LogP contribution in [0.25, 0.3) is 0 Å². The number of carbonyl (C=O) groups is 1. The van der Waals surface area contributed by atoms with Crippen molar-refractivity contribution in [1.82, 2.24) is 0 Å². The third-order valence-electron chi connectivity index (χ3n) is 0.717. The molecule has 0 heterocycles. The van der Waals surface area contributed by atoms with E-state index in [1.807, 2.05) is 0 Å². The van der Waals surface area contributed by atoms with E-state index >= 15 is 0 Å². The fraction of sp³-hybridized carbons (Fsp3) is 0.750. The number of amides is 1. The van der Waals surface area contributed by atoms with Gasteiger partial charge in [-0.1, -0.05) is 6.92 Å². The van der Waals surface area contributed by atoms with Crippen molar-refractivity contribution in [1.29, 1.82) is 0 Å². The highest BCUT2D eigenvalue weighted by molar-refractivity contribution is 5.76. The maximum absolute atomic E-state index is 11.3. The van der Waals surface area contributed by atoms with E-state index in [9.17, 15) is 9.18 Å². The lowest BCUT2D eigenvalue weighted by Crippen LogP contribution is -2.21. The molecule has 0 rings (SSSR count). The van der Waals surface area contributed by atoms with Gasteiger partial charge in [0.15, 0.2) is 0 Å². The molecule has 0 unspecified atom stereocenters. The summed E-state index contributed by atoms with van der Waals surface area (Å²) in [5.74, 6) is -1.21. The molecular weight excluding hydrogens is 97.0 g/mol. The summed E-state index contributed by atoms with van der Waals surface area (Å²) in [6.07, 6.45) is 0. The van der Waals surface area contributed by atoms with Gasteiger partial charge in [0.25, 0.3) is 0 Å². The maximum atomic E-state index is 11.3. The molecule has 3 heteroatoms. The second-order valence-corrected chi connectivity index (χ2v) is 1.46. The van der Waals surface area contributed by atoms with Crippen LogP contribution in [0.4, 0.5) is 4.39 Å². The van der Waals surface area contributed by atoms with Crippen molar-refractivity contribution in [3.8, 4) is 0 Å². The zero-order chi connectivity index (χ0) is 5.86. The SMILES string of the molecule is C[C@H](CF)C(N)=O. The average Bonchev–Trinajstić information content (AvgIpc) is 1.65. The average molecular weight is 105 g/mol. The van der Waals surface area contributed by atoms with Crippen LogP contribution < -0.4 is 5.73 Å². The number of primary amides is 1. The molecule has 0 aliphatic carbocycles. The number of hydrogen-bond donors (Lipinski definition) is 1. The second kappa shape index (κ2) is 2.55. The highest BCUT2D eigenvalue weighted by Gasteiger charge is 2.05. The van der Waals surface area contributed by atoms with E-state index in [1.165, 1.54) is 6.92 Å². The Morgan fingerprint density at radius 2 is 2.43 bits per heavy atom. The van der Waals surface area contributed by atoms with Crippen LogP contribution in [0.15, 0.2) is 0 Å². The second-order valence-electron chi connectivity index (χ2n) is 1.46. The van der Waals surface area contributed by atoms with E-state index in [0.717, 1.165) is 0 Å². The molecule has 0 radical (unpaired) electrons. The molecule has 1 amide bonds. The number of rotatable bonds is 2. The van der Waals surface area contributed by atoms with Gasteiger partial charge in [-0.15, -0.1) is 0 Å². The lowest BCUT2D eigenvalue weighted by Gasteiger charge is -1.95. The van der Waals surface area contributed by atoms with Gasteiger partial charge >= 0.3 is 0 Å². The highest BCUT2D eigenvalue weighted by Crippen LogP contribution is 1.90. The smallest absolute Gasteiger partial charge is 0.222 e. The molecule has 1 atom stereocenters. The fourth-order valence-electron chi connectivity index (χ4n) is 0.0760. The van der Waals surface area contributed by atoms with E-state index in [4.69, 9.17) is 0 Å². The molecule has 2 N–H and O–H groups in total. The van der Waals surface area contributed by atoms with Gasteiger partial charge in [0, 0.05) is 0 Å². The van der Waals surface area contributed by atoms with Crippen molar-refractivity contribution in [3.63, 3.8) is 0 Å². The first-order chi connectivity index (χ1) is 3.18. The van der Waals surface area contributed by atoms with Crippen molar-refractivity contribution < 1.29 is 9.18 Å². The van der Waals surface area contributed by atoms with Crippen molar-refractivity contribution in [2.24, 2.45) is 11.7 Å². The molecule has 0 aromatic heterocycles. The molecule has 7 heavy (non-hydrogen) atoms. The Hall–Kier alpha value is -0.600. The maximum Gasteiger partial charge on any atom is 0.222 e. The van der Waals surface area contributed by atoms with Crippen LogP contribution in [0.2, 0.25) is 0 Å². The lowest BCUT2D eigenvalue weighted by molar-refractivity contribution is -0.121. The van der Waals surface area contributed by atoms with Crippen molar-refractivity contribution in [2.75, 3.05) is 6.67 Å². The number of alkyl halides is 1. The highest BCUT2D eigenvalue weighted by atomic mass is 19.1. The molecule has 0 aromatic rings. The van der Waals surface area contributed by atoms with Crippen LogP contribution in [0.3, 0.4) is 0 Å². The predicted octanol–water partition coefficient (Wildman–Crippen LogP) is 0.0773.